The fourth-order valence-electron chi connectivity index (χ4n) is 2.62. The minimum Gasteiger partial charge on any atom is -0.450 e. The molecule has 0 amide bonds. The molecule has 10 heteroatoms. The molecule has 0 radical (unpaired) electrons. The summed E-state index contributed by atoms with van der Waals surface area (Å²) in [4.78, 5) is 24.2. The second kappa shape index (κ2) is 10.6. The molecule has 2 aromatic rings. The molecule has 0 bridgehead atoms. The van der Waals surface area contributed by atoms with Crippen molar-refractivity contribution >= 4 is 11.6 Å². The van der Waals surface area contributed by atoms with Crippen LogP contribution in [0.5, 0.6) is 11.5 Å². The van der Waals surface area contributed by atoms with Crippen molar-refractivity contribution in [3.05, 3.63) is 60.6 Å². The van der Waals surface area contributed by atoms with Crippen LogP contribution in [0.3, 0.4) is 0 Å². The fraction of sp³-hybridized carbons (Fsp3) is 0.333. The largest absolute Gasteiger partial charge is 0.451 e. The van der Waals surface area contributed by atoms with E-state index in [4.69, 9.17) is 4.74 Å². The summed E-state index contributed by atoms with van der Waals surface area (Å²) in [5.41, 5.74) is 0.713. The predicted octanol–water partition coefficient (Wildman–Crippen LogP) is 5.21. The van der Waals surface area contributed by atoms with Gasteiger partial charge in [0.05, 0.1) is 12.4 Å². The number of halogens is 4. The van der Waals surface area contributed by atoms with Gasteiger partial charge in [-0.25, -0.2) is 19.3 Å². The quantitative estimate of drug-likeness (QED) is 0.375. The van der Waals surface area contributed by atoms with Crippen LogP contribution in [0, 0.1) is 6.92 Å². The lowest BCUT2D eigenvalue weighted by Crippen LogP contribution is -2.26. The predicted molar refractivity (Wildman–Crippen MR) is 108 cm³/mol. The Bertz CT molecular complexity index is 943. The number of nitrogens with zero attached hydrogens (tertiary/aromatic N) is 4. The lowest BCUT2D eigenvalue weighted by Gasteiger charge is -2.25. The smallest absolute Gasteiger partial charge is 0.450 e. The lowest BCUT2D eigenvalue weighted by molar-refractivity contribution is -0.145. The van der Waals surface area contributed by atoms with E-state index < -0.39 is 23.6 Å². The molecule has 0 atom stereocenters. The standard InChI is InChI=1S/C21H22F4N4O2/c1-4-10-29(11-6-5-7-17(30)15(3)22)19-18(14(2)8-9-26-19)31-16-12-27-20(28-13-16)21(23,24)25/h5,7-9,12-13H,3-4,6,10-11H2,1-2H3/b7-5-. The number of aryl methyl sites for hydroxylation is 1. The summed E-state index contributed by atoms with van der Waals surface area (Å²) in [6.07, 6.45) is 2.72. The first-order valence-electron chi connectivity index (χ1n) is 9.46. The Morgan fingerprint density at radius 2 is 1.90 bits per heavy atom. The van der Waals surface area contributed by atoms with Crippen molar-refractivity contribution in [2.45, 2.75) is 32.9 Å². The van der Waals surface area contributed by atoms with E-state index in [1.54, 1.807) is 19.2 Å². The molecule has 0 aliphatic heterocycles. The Hall–Kier alpha value is -3.30. The van der Waals surface area contributed by atoms with Crippen molar-refractivity contribution in [2.24, 2.45) is 0 Å². The number of carbonyl (C=O) groups excluding carboxylic acids is 1. The normalized spacial score (nSPS) is 11.5. The Morgan fingerprint density at radius 1 is 1.23 bits per heavy atom. The molecular weight excluding hydrogens is 416 g/mol. The number of carbonyl (C=O) groups is 1. The molecule has 0 saturated heterocycles. The van der Waals surface area contributed by atoms with Crippen LogP contribution in [-0.2, 0) is 11.0 Å². The van der Waals surface area contributed by atoms with Crippen LogP contribution in [0.2, 0.25) is 0 Å². The summed E-state index contributed by atoms with van der Waals surface area (Å²) in [6.45, 7) is 7.76. The van der Waals surface area contributed by atoms with Gasteiger partial charge in [0, 0.05) is 19.3 Å². The summed E-state index contributed by atoms with van der Waals surface area (Å²) in [5.74, 6) is -2.20. The molecule has 0 aliphatic carbocycles. The van der Waals surface area contributed by atoms with E-state index in [2.05, 4.69) is 21.5 Å². The number of allylic oxidation sites excluding steroid dienone is 2. The van der Waals surface area contributed by atoms with Gasteiger partial charge in [-0.3, -0.25) is 4.79 Å². The van der Waals surface area contributed by atoms with E-state index in [-0.39, 0.29) is 5.75 Å². The topological polar surface area (TPSA) is 68.2 Å². The van der Waals surface area contributed by atoms with Crippen LogP contribution in [0.4, 0.5) is 23.4 Å². The zero-order valence-corrected chi connectivity index (χ0v) is 17.1. The highest BCUT2D eigenvalue weighted by Crippen LogP contribution is 2.34. The number of hydrogen-bond donors (Lipinski definition) is 0. The molecule has 2 aromatic heterocycles. The molecular formula is C21H22F4N4O2. The van der Waals surface area contributed by atoms with Gasteiger partial charge < -0.3 is 9.64 Å². The van der Waals surface area contributed by atoms with Crippen molar-refractivity contribution in [3.8, 4) is 11.5 Å². The first-order valence-corrected chi connectivity index (χ1v) is 9.46. The van der Waals surface area contributed by atoms with Crippen LogP contribution in [0.1, 0.15) is 31.2 Å². The number of pyridine rings is 1. The van der Waals surface area contributed by atoms with E-state index in [1.165, 1.54) is 6.08 Å². The lowest BCUT2D eigenvalue weighted by atomic mass is 10.2. The van der Waals surface area contributed by atoms with Gasteiger partial charge in [-0.05, 0) is 37.5 Å². The zero-order valence-electron chi connectivity index (χ0n) is 17.1. The van der Waals surface area contributed by atoms with Crippen molar-refractivity contribution in [1.29, 1.82) is 0 Å². The SMILES string of the molecule is C=C(F)C(=O)/C=C\CCN(CCC)c1nccc(C)c1Oc1cnc(C(F)(F)F)nc1. The highest BCUT2D eigenvalue weighted by atomic mass is 19.4. The van der Waals surface area contributed by atoms with Crippen molar-refractivity contribution in [3.63, 3.8) is 0 Å². The second-order valence-electron chi connectivity index (χ2n) is 6.57. The van der Waals surface area contributed by atoms with Crippen LogP contribution in [0.15, 0.2) is 49.2 Å². The number of aromatic nitrogens is 3. The van der Waals surface area contributed by atoms with Gasteiger partial charge in [0.15, 0.2) is 23.1 Å². The van der Waals surface area contributed by atoms with Crippen LogP contribution >= 0.6 is 0 Å². The molecule has 0 unspecified atom stereocenters. The van der Waals surface area contributed by atoms with Crippen LogP contribution in [-0.4, -0.2) is 33.8 Å². The molecule has 31 heavy (non-hydrogen) atoms. The summed E-state index contributed by atoms with van der Waals surface area (Å²) >= 11 is 0. The van der Waals surface area contributed by atoms with E-state index in [9.17, 15) is 22.4 Å². The molecule has 2 rings (SSSR count). The number of hydrogen-bond acceptors (Lipinski definition) is 6. The zero-order chi connectivity index (χ0) is 23.0. The first kappa shape index (κ1) is 24.0. The molecule has 0 N–H and O–H groups in total. The van der Waals surface area contributed by atoms with Gasteiger partial charge in [0.2, 0.25) is 11.6 Å². The molecule has 0 aliphatic rings. The Balaban J connectivity index is 2.23. The number of ketones is 1. The first-order chi connectivity index (χ1) is 14.6. The van der Waals surface area contributed by atoms with Gasteiger partial charge in [0.25, 0.3) is 0 Å². The number of anilines is 1. The molecule has 0 aromatic carbocycles. The minimum absolute atomic E-state index is 0.0359. The number of ether oxygens (including phenoxy) is 1. The third-order valence-corrected chi connectivity index (χ3v) is 4.08. The maximum Gasteiger partial charge on any atom is 0.451 e. The van der Waals surface area contributed by atoms with Gasteiger partial charge in [-0.15, -0.1) is 0 Å². The average molecular weight is 438 g/mol. The van der Waals surface area contributed by atoms with Gasteiger partial charge in [-0.2, -0.15) is 13.2 Å². The van der Waals surface area contributed by atoms with Gasteiger partial charge in [0.1, 0.15) is 0 Å². The van der Waals surface area contributed by atoms with Crippen molar-refractivity contribution < 1.29 is 27.1 Å². The third kappa shape index (κ3) is 6.87. The fourth-order valence-corrected chi connectivity index (χ4v) is 2.62. The van der Waals surface area contributed by atoms with Crippen LogP contribution in [0.25, 0.3) is 0 Å². The molecule has 6 nitrogen and oxygen atoms in total. The number of alkyl halides is 3. The molecule has 0 fully saturated rings. The van der Waals surface area contributed by atoms with E-state index in [1.807, 2.05) is 11.8 Å². The summed E-state index contributed by atoms with van der Waals surface area (Å²) in [5, 5.41) is 0. The molecule has 0 spiro atoms. The summed E-state index contributed by atoms with van der Waals surface area (Å²) in [6, 6.07) is 1.71. The minimum atomic E-state index is -4.64. The second-order valence-corrected chi connectivity index (χ2v) is 6.57. The maximum atomic E-state index is 12.8. The highest BCUT2D eigenvalue weighted by Gasteiger charge is 2.34. The highest BCUT2D eigenvalue weighted by molar-refractivity contribution is 6.01. The average Bonchev–Trinajstić information content (AvgIpc) is 2.71. The van der Waals surface area contributed by atoms with Gasteiger partial charge >= 0.3 is 6.18 Å². The molecule has 2 heterocycles. The monoisotopic (exact) mass is 438 g/mol. The third-order valence-electron chi connectivity index (χ3n) is 4.08. The van der Waals surface area contributed by atoms with Crippen molar-refractivity contribution in [1.82, 2.24) is 15.0 Å². The Kier molecular flexibility index (Phi) is 8.23. The summed E-state index contributed by atoms with van der Waals surface area (Å²) in [7, 11) is 0. The maximum absolute atomic E-state index is 12.8. The molecule has 166 valence electrons. The van der Waals surface area contributed by atoms with E-state index in [0.29, 0.717) is 36.6 Å². The van der Waals surface area contributed by atoms with E-state index >= 15 is 0 Å². The van der Waals surface area contributed by atoms with Gasteiger partial charge in [-0.1, -0.05) is 19.6 Å². The summed E-state index contributed by atoms with van der Waals surface area (Å²) < 4.78 is 56.6. The molecule has 0 saturated carbocycles. The Morgan fingerprint density at radius 3 is 2.48 bits per heavy atom. The van der Waals surface area contributed by atoms with E-state index in [0.717, 1.165) is 24.9 Å². The number of rotatable bonds is 10. The van der Waals surface area contributed by atoms with Crippen LogP contribution < -0.4 is 9.64 Å². The Labute approximate surface area is 177 Å². The van der Waals surface area contributed by atoms with Crippen molar-refractivity contribution in [2.75, 3.05) is 18.0 Å².